The van der Waals surface area contributed by atoms with Gasteiger partial charge in [0, 0.05) is 25.7 Å². The van der Waals surface area contributed by atoms with Gasteiger partial charge in [0.1, 0.15) is 0 Å². The Hall–Kier alpha value is -2.24. The maximum absolute atomic E-state index is 12.4. The number of halogens is 1. The number of ether oxygens (including phenoxy) is 2. The van der Waals surface area contributed by atoms with Crippen LogP contribution in [0.3, 0.4) is 0 Å². The number of nitrogens with one attached hydrogen (secondary N) is 1. The SMILES string of the molecule is COc1ccc(CCN2CCC(NC(=O)c3ccccc3Cl)CC2)cc1OC. The molecule has 0 saturated carbocycles. The molecule has 1 heterocycles. The molecule has 1 fully saturated rings. The van der Waals surface area contributed by atoms with E-state index in [0.717, 1.165) is 50.4 Å². The first kappa shape index (κ1) is 20.5. The third-order valence-corrected chi connectivity index (χ3v) is 5.54. The molecule has 0 bridgehead atoms. The number of piperidine rings is 1. The smallest absolute Gasteiger partial charge is 0.253 e. The van der Waals surface area contributed by atoms with Crippen LogP contribution >= 0.6 is 11.6 Å². The first-order valence-electron chi connectivity index (χ1n) is 9.59. The van der Waals surface area contributed by atoms with Crippen LogP contribution in [0.5, 0.6) is 11.5 Å². The third kappa shape index (κ3) is 5.18. The van der Waals surface area contributed by atoms with E-state index in [2.05, 4.69) is 16.3 Å². The summed E-state index contributed by atoms with van der Waals surface area (Å²) in [4.78, 5) is 14.8. The van der Waals surface area contributed by atoms with Crippen LogP contribution in [0, 0.1) is 0 Å². The van der Waals surface area contributed by atoms with Crippen molar-refractivity contribution in [2.45, 2.75) is 25.3 Å². The second-order valence-electron chi connectivity index (χ2n) is 7.01. The summed E-state index contributed by atoms with van der Waals surface area (Å²) in [5.74, 6) is 1.43. The minimum absolute atomic E-state index is 0.0885. The van der Waals surface area contributed by atoms with Crippen LogP contribution < -0.4 is 14.8 Å². The van der Waals surface area contributed by atoms with Crippen molar-refractivity contribution < 1.29 is 14.3 Å². The van der Waals surface area contributed by atoms with E-state index in [0.29, 0.717) is 10.6 Å². The highest BCUT2D eigenvalue weighted by Gasteiger charge is 2.21. The molecule has 1 aliphatic rings. The minimum Gasteiger partial charge on any atom is -0.493 e. The summed E-state index contributed by atoms with van der Waals surface area (Å²) >= 11 is 6.11. The average Bonchev–Trinajstić information content (AvgIpc) is 2.73. The first-order chi connectivity index (χ1) is 13.6. The van der Waals surface area contributed by atoms with Gasteiger partial charge < -0.3 is 19.7 Å². The molecule has 0 spiro atoms. The van der Waals surface area contributed by atoms with Crippen molar-refractivity contribution in [2.24, 2.45) is 0 Å². The summed E-state index contributed by atoms with van der Waals surface area (Å²) in [5.41, 5.74) is 1.77. The highest BCUT2D eigenvalue weighted by molar-refractivity contribution is 6.33. The number of hydrogen-bond acceptors (Lipinski definition) is 4. The summed E-state index contributed by atoms with van der Waals surface area (Å²) in [6.45, 7) is 2.93. The van der Waals surface area contributed by atoms with Crippen molar-refractivity contribution in [3.8, 4) is 11.5 Å². The third-order valence-electron chi connectivity index (χ3n) is 5.21. The quantitative estimate of drug-likeness (QED) is 0.765. The number of carbonyl (C=O) groups excluding carboxylic acids is 1. The van der Waals surface area contributed by atoms with Crippen molar-refractivity contribution in [2.75, 3.05) is 33.9 Å². The molecule has 0 unspecified atom stereocenters. The number of methoxy groups -OCH3 is 2. The van der Waals surface area contributed by atoms with Crippen LogP contribution in [0.4, 0.5) is 0 Å². The van der Waals surface area contributed by atoms with E-state index in [9.17, 15) is 4.79 Å². The van der Waals surface area contributed by atoms with Crippen LogP contribution in [0.1, 0.15) is 28.8 Å². The highest BCUT2D eigenvalue weighted by atomic mass is 35.5. The van der Waals surface area contributed by atoms with Crippen LogP contribution in [-0.4, -0.2) is 50.7 Å². The van der Waals surface area contributed by atoms with E-state index in [1.54, 1.807) is 26.4 Å². The maximum Gasteiger partial charge on any atom is 0.253 e. The Morgan fingerprint density at radius 2 is 1.82 bits per heavy atom. The van der Waals surface area contributed by atoms with Gasteiger partial charge >= 0.3 is 0 Å². The summed E-state index contributed by atoms with van der Waals surface area (Å²) in [6.07, 6.45) is 2.85. The normalized spacial score (nSPS) is 15.2. The molecular weight excluding hydrogens is 376 g/mol. The zero-order chi connectivity index (χ0) is 19.9. The Bertz CT molecular complexity index is 804. The van der Waals surface area contributed by atoms with E-state index in [-0.39, 0.29) is 11.9 Å². The second-order valence-corrected chi connectivity index (χ2v) is 7.42. The fraction of sp³-hybridized carbons (Fsp3) is 0.409. The van der Waals surface area contributed by atoms with Gasteiger partial charge in [-0.2, -0.15) is 0 Å². The first-order valence-corrected chi connectivity index (χ1v) is 9.97. The topological polar surface area (TPSA) is 50.8 Å². The van der Waals surface area contributed by atoms with E-state index in [4.69, 9.17) is 21.1 Å². The van der Waals surface area contributed by atoms with Crippen molar-refractivity contribution in [1.29, 1.82) is 0 Å². The van der Waals surface area contributed by atoms with Gasteiger partial charge in [-0.25, -0.2) is 0 Å². The Kier molecular flexibility index (Phi) is 7.18. The standard InChI is InChI=1S/C22H27ClN2O3/c1-27-20-8-7-16(15-21(20)28-2)9-12-25-13-10-17(11-14-25)24-22(26)18-5-3-4-6-19(18)23/h3-8,15,17H,9-14H2,1-2H3,(H,24,26). The predicted molar refractivity (Wildman–Crippen MR) is 112 cm³/mol. The lowest BCUT2D eigenvalue weighted by molar-refractivity contribution is 0.0911. The van der Waals surface area contributed by atoms with Gasteiger partial charge in [0.05, 0.1) is 24.8 Å². The monoisotopic (exact) mass is 402 g/mol. The summed E-state index contributed by atoms with van der Waals surface area (Å²) < 4.78 is 10.7. The van der Waals surface area contributed by atoms with Crippen LogP contribution in [0.2, 0.25) is 5.02 Å². The van der Waals surface area contributed by atoms with Crippen molar-refractivity contribution >= 4 is 17.5 Å². The predicted octanol–water partition coefficient (Wildman–Crippen LogP) is 3.79. The lowest BCUT2D eigenvalue weighted by atomic mass is 10.0. The molecule has 2 aromatic rings. The number of likely N-dealkylation sites (tertiary alicyclic amines) is 1. The van der Waals surface area contributed by atoms with Crippen molar-refractivity contribution in [1.82, 2.24) is 10.2 Å². The van der Waals surface area contributed by atoms with E-state index in [1.807, 2.05) is 24.3 Å². The van der Waals surface area contributed by atoms with Crippen LogP contribution in [-0.2, 0) is 6.42 Å². The Labute approximate surface area is 171 Å². The Morgan fingerprint density at radius 3 is 2.50 bits per heavy atom. The molecule has 5 nitrogen and oxygen atoms in total. The lowest BCUT2D eigenvalue weighted by Crippen LogP contribution is -2.45. The molecule has 1 amide bonds. The summed E-state index contributed by atoms with van der Waals surface area (Å²) in [6, 6.07) is 13.4. The molecule has 0 atom stereocenters. The minimum atomic E-state index is -0.0885. The van der Waals surface area contributed by atoms with E-state index < -0.39 is 0 Å². The molecule has 1 N–H and O–H groups in total. The van der Waals surface area contributed by atoms with Crippen LogP contribution in [0.15, 0.2) is 42.5 Å². The lowest BCUT2D eigenvalue weighted by Gasteiger charge is -2.32. The average molecular weight is 403 g/mol. The molecule has 1 saturated heterocycles. The second kappa shape index (κ2) is 9.80. The van der Waals surface area contributed by atoms with E-state index >= 15 is 0 Å². The molecule has 3 rings (SSSR count). The Balaban J connectivity index is 1.45. The number of rotatable bonds is 7. The molecule has 150 valence electrons. The van der Waals surface area contributed by atoms with Crippen molar-refractivity contribution in [3.63, 3.8) is 0 Å². The van der Waals surface area contributed by atoms with E-state index in [1.165, 1.54) is 5.56 Å². The number of carbonyl (C=O) groups is 1. The molecule has 28 heavy (non-hydrogen) atoms. The largest absolute Gasteiger partial charge is 0.493 e. The molecule has 6 heteroatoms. The van der Waals surface area contributed by atoms with Crippen molar-refractivity contribution in [3.05, 3.63) is 58.6 Å². The maximum atomic E-state index is 12.4. The Morgan fingerprint density at radius 1 is 1.11 bits per heavy atom. The van der Waals surface area contributed by atoms with Gasteiger partial charge in [-0.3, -0.25) is 4.79 Å². The number of amides is 1. The fourth-order valence-electron chi connectivity index (χ4n) is 3.53. The molecule has 2 aromatic carbocycles. The summed E-state index contributed by atoms with van der Waals surface area (Å²) in [7, 11) is 3.30. The molecular formula is C22H27ClN2O3. The number of hydrogen-bond donors (Lipinski definition) is 1. The zero-order valence-corrected chi connectivity index (χ0v) is 17.2. The van der Waals surface area contributed by atoms with Gasteiger partial charge in [0.2, 0.25) is 0 Å². The highest BCUT2D eigenvalue weighted by Crippen LogP contribution is 2.28. The summed E-state index contributed by atoms with van der Waals surface area (Å²) in [5, 5.41) is 3.61. The molecule has 0 aromatic heterocycles. The van der Waals surface area contributed by atoms with Gasteiger partial charge in [-0.05, 0) is 49.1 Å². The number of nitrogens with zero attached hydrogens (tertiary/aromatic N) is 1. The molecule has 1 aliphatic heterocycles. The fourth-order valence-corrected chi connectivity index (χ4v) is 3.75. The number of benzene rings is 2. The van der Waals surface area contributed by atoms with Crippen LogP contribution in [0.25, 0.3) is 0 Å². The zero-order valence-electron chi connectivity index (χ0n) is 16.4. The molecule has 0 radical (unpaired) electrons. The van der Waals surface area contributed by atoms with Gasteiger partial charge in [-0.1, -0.05) is 29.8 Å². The van der Waals surface area contributed by atoms with Gasteiger partial charge in [0.25, 0.3) is 5.91 Å². The van der Waals surface area contributed by atoms with Gasteiger partial charge in [0.15, 0.2) is 11.5 Å². The van der Waals surface area contributed by atoms with Gasteiger partial charge in [-0.15, -0.1) is 0 Å². The molecule has 0 aliphatic carbocycles.